The van der Waals surface area contributed by atoms with E-state index in [-0.39, 0.29) is 0 Å². The van der Waals surface area contributed by atoms with Gasteiger partial charge >= 0.3 is 0 Å². The number of hydrogen-bond acceptors (Lipinski definition) is 5. The summed E-state index contributed by atoms with van der Waals surface area (Å²) in [4.78, 5) is 9.84. The van der Waals surface area contributed by atoms with Crippen LogP contribution in [0.3, 0.4) is 0 Å². The molecule has 0 saturated carbocycles. The highest BCUT2D eigenvalue weighted by Gasteiger charge is 2.09. The van der Waals surface area contributed by atoms with Crippen LogP contribution in [0.4, 0.5) is 5.82 Å². The van der Waals surface area contributed by atoms with Gasteiger partial charge in [0.05, 0.1) is 9.21 Å². The molecule has 0 bridgehead atoms. The second-order valence-electron chi connectivity index (χ2n) is 4.41. The van der Waals surface area contributed by atoms with Gasteiger partial charge in [0.15, 0.2) is 5.82 Å². The van der Waals surface area contributed by atoms with E-state index in [0.29, 0.717) is 17.6 Å². The molecule has 0 fully saturated rings. The van der Waals surface area contributed by atoms with Crippen LogP contribution in [-0.4, -0.2) is 9.97 Å². The Labute approximate surface area is 115 Å². The Kier molecular flexibility index (Phi) is 4.16. The van der Waals surface area contributed by atoms with Gasteiger partial charge in [0.25, 0.3) is 0 Å². The highest BCUT2D eigenvalue weighted by molar-refractivity contribution is 7.19. The number of hydrogen-bond donors (Lipinski definition) is 2. The zero-order valence-electron chi connectivity index (χ0n) is 10.3. The van der Waals surface area contributed by atoms with Gasteiger partial charge < -0.3 is 5.43 Å². The topological polar surface area (TPSA) is 63.8 Å². The van der Waals surface area contributed by atoms with Crippen LogP contribution in [0.15, 0.2) is 18.2 Å². The molecule has 0 aliphatic rings. The molecule has 0 spiro atoms. The smallest absolute Gasteiger partial charge is 0.171 e. The SMILES string of the molecule is CC(C)Cc1cc(NN)nc(-c2ccc(Cl)s2)n1. The van der Waals surface area contributed by atoms with E-state index in [2.05, 4.69) is 29.2 Å². The summed E-state index contributed by atoms with van der Waals surface area (Å²) in [5, 5.41) is 0. The molecular formula is C12H15ClN4S. The second kappa shape index (κ2) is 5.65. The molecule has 96 valence electrons. The number of hydrazine groups is 1. The summed E-state index contributed by atoms with van der Waals surface area (Å²) >= 11 is 7.39. The van der Waals surface area contributed by atoms with Gasteiger partial charge in [0.2, 0.25) is 0 Å². The van der Waals surface area contributed by atoms with E-state index in [1.54, 1.807) is 0 Å². The van der Waals surface area contributed by atoms with Crippen LogP contribution in [0.2, 0.25) is 4.34 Å². The molecule has 0 aromatic carbocycles. The fourth-order valence-electron chi connectivity index (χ4n) is 1.64. The maximum Gasteiger partial charge on any atom is 0.171 e. The van der Waals surface area contributed by atoms with Crippen molar-refractivity contribution >= 4 is 28.8 Å². The van der Waals surface area contributed by atoms with Crippen molar-refractivity contribution in [1.82, 2.24) is 9.97 Å². The van der Waals surface area contributed by atoms with E-state index in [9.17, 15) is 0 Å². The van der Waals surface area contributed by atoms with Crippen molar-refractivity contribution in [3.05, 3.63) is 28.2 Å². The van der Waals surface area contributed by atoms with Gasteiger partial charge in [-0.15, -0.1) is 11.3 Å². The maximum absolute atomic E-state index is 5.93. The molecule has 2 aromatic rings. The van der Waals surface area contributed by atoms with E-state index in [1.165, 1.54) is 11.3 Å². The molecule has 18 heavy (non-hydrogen) atoms. The minimum atomic E-state index is 0.533. The monoisotopic (exact) mass is 282 g/mol. The lowest BCUT2D eigenvalue weighted by Crippen LogP contribution is -2.11. The molecule has 0 aliphatic heterocycles. The zero-order valence-corrected chi connectivity index (χ0v) is 11.8. The minimum absolute atomic E-state index is 0.533. The lowest BCUT2D eigenvalue weighted by atomic mass is 10.1. The van der Waals surface area contributed by atoms with Crippen molar-refractivity contribution in [3.8, 4) is 10.7 Å². The minimum Gasteiger partial charge on any atom is -0.308 e. The Bertz CT molecular complexity index is 539. The van der Waals surface area contributed by atoms with Gasteiger partial charge in [-0.3, -0.25) is 0 Å². The Morgan fingerprint density at radius 1 is 1.39 bits per heavy atom. The van der Waals surface area contributed by atoms with Crippen LogP contribution in [0, 0.1) is 5.92 Å². The number of nitrogen functional groups attached to an aromatic ring is 1. The molecule has 0 aliphatic carbocycles. The van der Waals surface area contributed by atoms with Gasteiger partial charge in [-0.25, -0.2) is 15.8 Å². The van der Waals surface area contributed by atoms with E-state index >= 15 is 0 Å². The summed E-state index contributed by atoms with van der Waals surface area (Å²) < 4.78 is 0.727. The Morgan fingerprint density at radius 2 is 2.17 bits per heavy atom. The molecule has 0 radical (unpaired) electrons. The van der Waals surface area contributed by atoms with Crippen LogP contribution in [0.25, 0.3) is 10.7 Å². The summed E-state index contributed by atoms with van der Waals surface area (Å²) in [6, 6.07) is 5.64. The lowest BCUT2D eigenvalue weighted by Gasteiger charge is -2.08. The number of thiophene rings is 1. The average molecular weight is 283 g/mol. The zero-order chi connectivity index (χ0) is 13.1. The van der Waals surface area contributed by atoms with Crippen molar-refractivity contribution in [1.29, 1.82) is 0 Å². The second-order valence-corrected chi connectivity index (χ2v) is 6.13. The number of aromatic nitrogens is 2. The highest BCUT2D eigenvalue weighted by Crippen LogP contribution is 2.29. The highest BCUT2D eigenvalue weighted by atomic mass is 35.5. The standard InChI is InChI=1S/C12H15ClN4S/c1-7(2)5-8-6-11(17-14)16-12(15-8)9-3-4-10(13)18-9/h3-4,6-7H,5,14H2,1-2H3,(H,15,16,17). The summed E-state index contributed by atoms with van der Waals surface area (Å²) in [7, 11) is 0. The molecule has 0 amide bonds. The molecule has 3 N–H and O–H groups in total. The number of halogens is 1. The van der Waals surface area contributed by atoms with Crippen LogP contribution in [0.5, 0.6) is 0 Å². The Morgan fingerprint density at radius 3 is 2.72 bits per heavy atom. The number of nitrogens with two attached hydrogens (primary N) is 1. The van der Waals surface area contributed by atoms with Crippen LogP contribution in [0.1, 0.15) is 19.5 Å². The van der Waals surface area contributed by atoms with Crippen molar-refractivity contribution in [2.24, 2.45) is 11.8 Å². The first kappa shape index (κ1) is 13.3. The molecule has 2 aromatic heterocycles. The van der Waals surface area contributed by atoms with Gasteiger partial charge in [-0.05, 0) is 24.5 Å². The van der Waals surface area contributed by atoms with Gasteiger partial charge in [0, 0.05) is 11.8 Å². The third-order valence-electron chi connectivity index (χ3n) is 2.34. The third-order valence-corrected chi connectivity index (χ3v) is 3.57. The van der Waals surface area contributed by atoms with E-state index in [1.807, 2.05) is 18.2 Å². The fraction of sp³-hybridized carbons (Fsp3) is 0.333. The van der Waals surface area contributed by atoms with E-state index in [4.69, 9.17) is 17.4 Å². The number of rotatable bonds is 4. The van der Waals surface area contributed by atoms with Gasteiger partial charge in [0.1, 0.15) is 5.82 Å². The number of nitrogens with zero attached hydrogens (tertiary/aromatic N) is 2. The predicted molar refractivity (Wildman–Crippen MR) is 76.7 cm³/mol. The summed E-state index contributed by atoms with van der Waals surface area (Å²) in [5.41, 5.74) is 3.56. The molecule has 6 heteroatoms. The first-order valence-electron chi connectivity index (χ1n) is 5.68. The van der Waals surface area contributed by atoms with Gasteiger partial charge in [-0.1, -0.05) is 25.4 Å². The normalized spacial score (nSPS) is 10.9. The largest absolute Gasteiger partial charge is 0.308 e. The molecule has 0 saturated heterocycles. The van der Waals surface area contributed by atoms with Crippen molar-refractivity contribution in [3.63, 3.8) is 0 Å². The van der Waals surface area contributed by atoms with E-state index < -0.39 is 0 Å². The molecule has 0 unspecified atom stereocenters. The summed E-state index contributed by atoms with van der Waals surface area (Å²) in [5.74, 6) is 7.26. The first-order valence-corrected chi connectivity index (χ1v) is 6.88. The maximum atomic E-state index is 5.93. The third kappa shape index (κ3) is 3.19. The van der Waals surface area contributed by atoms with Crippen molar-refractivity contribution in [2.45, 2.75) is 20.3 Å². The fourth-order valence-corrected chi connectivity index (χ4v) is 2.62. The average Bonchev–Trinajstić information content (AvgIpc) is 2.74. The van der Waals surface area contributed by atoms with E-state index in [0.717, 1.165) is 21.3 Å². The number of nitrogens with one attached hydrogen (secondary N) is 1. The Balaban J connectivity index is 2.40. The summed E-state index contributed by atoms with van der Waals surface area (Å²) in [6.45, 7) is 4.30. The number of anilines is 1. The lowest BCUT2D eigenvalue weighted by molar-refractivity contribution is 0.635. The van der Waals surface area contributed by atoms with Gasteiger partial charge in [-0.2, -0.15) is 0 Å². The first-order chi connectivity index (χ1) is 8.58. The molecular weight excluding hydrogens is 268 g/mol. The van der Waals surface area contributed by atoms with Crippen molar-refractivity contribution < 1.29 is 0 Å². The van der Waals surface area contributed by atoms with Crippen molar-refractivity contribution in [2.75, 3.05) is 5.43 Å². The van der Waals surface area contributed by atoms with Crippen LogP contribution >= 0.6 is 22.9 Å². The Hall–Kier alpha value is -1.17. The molecule has 2 heterocycles. The predicted octanol–water partition coefficient (Wildman–Crippen LogP) is 3.34. The van der Waals surface area contributed by atoms with Crippen LogP contribution < -0.4 is 11.3 Å². The summed E-state index contributed by atoms with van der Waals surface area (Å²) in [6.07, 6.45) is 0.892. The molecule has 4 nitrogen and oxygen atoms in total. The molecule has 0 atom stereocenters. The molecule has 2 rings (SSSR count). The van der Waals surface area contributed by atoms with Crippen LogP contribution in [-0.2, 0) is 6.42 Å². The quantitative estimate of drug-likeness (QED) is 0.667.